The van der Waals surface area contributed by atoms with E-state index in [4.69, 9.17) is 15.2 Å². The van der Waals surface area contributed by atoms with Crippen LogP contribution in [0.3, 0.4) is 0 Å². The lowest BCUT2D eigenvalue weighted by Gasteiger charge is -2.08. The van der Waals surface area contributed by atoms with Gasteiger partial charge in [-0.3, -0.25) is 9.52 Å². The fourth-order valence-electron chi connectivity index (χ4n) is 2.11. The van der Waals surface area contributed by atoms with Gasteiger partial charge in [0.05, 0.1) is 6.26 Å². The van der Waals surface area contributed by atoms with Gasteiger partial charge in [0.25, 0.3) is 5.91 Å². The smallest absolute Gasteiger partial charge is 0.271 e. The molecule has 0 spiro atoms. The molecule has 0 saturated carbocycles. The molecule has 0 saturated heterocycles. The molecule has 1 aromatic heterocycles. The summed E-state index contributed by atoms with van der Waals surface area (Å²) in [6.45, 7) is 0.145. The molecule has 2 heterocycles. The molecule has 9 nitrogen and oxygen atoms in total. The lowest BCUT2D eigenvalue weighted by atomic mass is 10.3. The number of halogens is 1. The van der Waals surface area contributed by atoms with Gasteiger partial charge in [0.15, 0.2) is 28.2 Å². The topological polar surface area (TPSA) is 126 Å². The molecule has 134 valence electrons. The summed E-state index contributed by atoms with van der Waals surface area (Å²) in [6.07, 6.45) is 0.978. The molecule has 0 aliphatic carbocycles. The van der Waals surface area contributed by atoms with Crippen molar-refractivity contribution in [1.29, 1.82) is 0 Å². The fraction of sp³-hybridized carbons (Fsp3) is 0.231. The second-order valence-corrected chi connectivity index (χ2v) is 8.74. The van der Waals surface area contributed by atoms with Gasteiger partial charge in [-0.25, -0.2) is 13.4 Å². The van der Waals surface area contributed by atoms with Gasteiger partial charge in [-0.2, -0.15) is 0 Å². The number of benzene rings is 1. The molecule has 3 rings (SSSR count). The molecule has 1 aromatic carbocycles. The van der Waals surface area contributed by atoms with Crippen LogP contribution >= 0.6 is 27.7 Å². The molecule has 1 aliphatic rings. The number of amides is 1. The van der Waals surface area contributed by atoms with Crippen molar-refractivity contribution in [3.8, 4) is 11.5 Å². The molecule has 1 aliphatic heterocycles. The number of rotatable bonds is 5. The van der Waals surface area contributed by atoms with E-state index in [0.29, 0.717) is 16.7 Å². The maximum absolute atomic E-state index is 11.6. The monoisotopic (exact) mass is 448 g/mol. The number of hydrogen-bond acceptors (Lipinski definition) is 7. The lowest BCUT2D eigenvalue weighted by Crippen LogP contribution is -2.18. The normalized spacial score (nSPS) is 13.1. The van der Waals surface area contributed by atoms with E-state index >= 15 is 0 Å². The Kier molecular flexibility index (Phi) is 4.60. The molecular formula is C13H13BrN4O5S2. The number of nitrogens with one attached hydrogen (secondary N) is 1. The van der Waals surface area contributed by atoms with Crippen LogP contribution in [0.2, 0.25) is 0 Å². The number of nitrogens with two attached hydrogens (primary N) is 1. The third-order valence-corrected chi connectivity index (χ3v) is 5.79. The summed E-state index contributed by atoms with van der Waals surface area (Å²) >= 11 is 4.65. The summed E-state index contributed by atoms with van der Waals surface area (Å²) in [5, 5.41) is 0.375. The number of carbonyl (C=O) groups is 1. The highest BCUT2D eigenvalue weighted by atomic mass is 79.9. The van der Waals surface area contributed by atoms with Crippen LogP contribution in [0.15, 0.2) is 26.7 Å². The molecule has 0 radical (unpaired) electrons. The van der Waals surface area contributed by atoms with Crippen molar-refractivity contribution in [2.24, 2.45) is 12.8 Å². The number of anilines is 1. The first-order valence-electron chi connectivity index (χ1n) is 6.77. The van der Waals surface area contributed by atoms with Gasteiger partial charge in [-0.15, -0.1) is 0 Å². The van der Waals surface area contributed by atoms with Crippen molar-refractivity contribution in [1.82, 2.24) is 9.55 Å². The van der Waals surface area contributed by atoms with Crippen LogP contribution in [0.5, 0.6) is 11.5 Å². The van der Waals surface area contributed by atoms with Gasteiger partial charge in [-0.05, 0) is 28.1 Å². The van der Waals surface area contributed by atoms with Gasteiger partial charge in [0.2, 0.25) is 16.8 Å². The first kappa shape index (κ1) is 17.9. The van der Waals surface area contributed by atoms with E-state index in [1.807, 2.05) is 0 Å². The van der Waals surface area contributed by atoms with E-state index in [1.165, 1.54) is 16.3 Å². The van der Waals surface area contributed by atoms with Crippen LogP contribution in [0.25, 0.3) is 0 Å². The highest BCUT2D eigenvalue weighted by Gasteiger charge is 2.23. The van der Waals surface area contributed by atoms with Crippen LogP contribution in [-0.4, -0.2) is 36.9 Å². The molecule has 25 heavy (non-hydrogen) atoms. The summed E-state index contributed by atoms with van der Waals surface area (Å²) < 4.78 is 38.1. The highest BCUT2D eigenvalue weighted by molar-refractivity contribution is 9.10. The Morgan fingerprint density at radius 1 is 1.40 bits per heavy atom. The third-order valence-electron chi connectivity index (χ3n) is 3.20. The van der Waals surface area contributed by atoms with Crippen LogP contribution in [0.1, 0.15) is 10.5 Å². The molecule has 0 atom stereocenters. The van der Waals surface area contributed by atoms with E-state index < -0.39 is 15.9 Å². The number of carbonyl (C=O) groups excluding carboxylic acids is 1. The summed E-state index contributed by atoms with van der Waals surface area (Å²) in [7, 11) is -2.03. The molecule has 3 N–H and O–H groups in total. The third kappa shape index (κ3) is 3.70. The maximum Gasteiger partial charge on any atom is 0.271 e. The summed E-state index contributed by atoms with van der Waals surface area (Å²) in [6, 6.07) is 3.53. The van der Waals surface area contributed by atoms with Crippen molar-refractivity contribution in [3.05, 3.63) is 22.3 Å². The van der Waals surface area contributed by atoms with Gasteiger partial charge >= 0.3 is 0 Å². The number of hydrogen-bond donors (Lipinski definition) is 2. The lowest BCUT2D eigenvalue weighted by molar-refractivity contribution is 0.0996. The SMILES string of the molecule is Cn1c(Sc2cc3c(cc2Br)OCO3)nc(C(N)=O)c1NS(C)(=O)=O. The summed E-state index contributed by atoms with van der Waals surface area (Å²) in [5.41, 5.74) is 5.15. The van der Waals surface area contributed by atoms with E-state index in [1.54, 1.807) is 19.2 Å². The first-order valence-corrected chi connectivity index (χ1v) is 10.3. The zero-order valence-corrected chi connectivity index (χ0v) is 16.3. The van der Waals surface area contributed by atoms with E-state index in [9.17, 15) is 13.2 Å². The van der Waals surface area contributed by atoms with Crippen molar-refractivity contribution in [2.45, 2.75) is 10.1 Å². The fourth-order valence-corrected chi connectivity index (χ4v) is 4.14. The molecule has 2 aromatic rings. The minimum absolute atomic E-state index is 0.00867. The van der Waals surface area contributed by atoms with Crippen molar-refractivity contribution in [2.75, 3.05) is 17.8 Å². The Labute approximate surface area is 156 Å². The number of fused-ring (bicyclic) bond motifs is 1. The van der Waals surface area contributed by atoms with Crippen molar-refractivity contribution in [3.63, 3.8) is 0 Å². The Balaban J connectivity index is 2.01. The molecular weight excluding hydrogens is 436 g/mol. The quantitative estimate of drug-likeness (QED) is 0.709. The number of sulfonamides is 1. The molecule has 0 bridgehead atoms. The minimum Gasteiger partial charge on any atom is -0.454 e. The molecule has 0 fully saturated rings. The van der Waals surface area contributed by atoms with Crippen molar-refractivity contribution >= 4 is 49.4 Å². The van der Waals surface area contributed by atoms with Crippen LogP contribution in [-0.2, 0) is 17.1 Å². The number of nitrogens with zero attached hydrogens (tertiary/aromatic N) is 2. The van der Waals surface area contributed by atoms with Gasteiger partial charge in [0.1, 0.15) is 0 Å². The largest absolute Gasteiger partial charge is 0.454 e. The second-order valence-electron chi connectivity index (χ2n) is 5.13. The number of ether oxygens (including phenoxy) is 2. The Morgan fingerprint density at radius 3 is 2.64 bits per heavy atom. The minimum atomic E-state index is -3.61. The Hall–Kier alpha value is -1.92. The van der Waals surface area contributed by atoms with Crippen LogP contribution in [0, 0.1) is 0 Å². The molecule has 12 heteroatoms. The van der Waals surface area contributed by atoms with Crippen molar-refractivity contribution < 1.29 is 22.7 Å². The maximum atomic E-state index is 11.6. The Morgan fingerprint density at radius 2 is 2.04 bits per heavy atom. The predicted molar refractivity (Wildman–Crippen MR) is 94.6 cm³/mol. The standard InChI is InChI=1S/C13H13BrN4O5S2/c1-18-12(17-25(2,20)21)10(11(15)19)16-13(18)24-9-4-8-7(3-6(9)14)22-5-23-8/h3-4,17H,5H2,1-2H3,(H2,15,19). The zero-order valence-electron chi connectivity index (χ0n) is 13.1. The summed E-state index contributed by atoms with van der Waals surface area (Å²) in [4.78, 5) is 16.5. The van der Waals surface area contributed by atoms with E-state index in [-0.39, 0.29) is 18.3 Å². The number of imidazole rings is 1. The van der Waals surface area contributed by atoms with Gasteiger partial charge in [-0.1, -0.05) is 11.8 Å². The van der Waals surface area contributed by atoms with E-state index in [2.05, 4.69) is 25.6 Å². The van der Waals surface area contributed by atoms with Gasteiger partial charge in [0, 0.05) is 16.4 Å². The second kappa shape index (κ2) is 6.42. The molecule has 0 unspecified atom stereocenters. The average Bonchev–Trinajstić information content (AvgIpc) is 3.05. The highest BCUT2D eigenvalue weighted by Crippen LogP contribution is 2.43. The summed E-state index contributed by atoms with van der Waals surface area (Å²) in [5.74, 6) is 0.380. The Bertz CT molecular complexity index is 973. The number of primary amides is 1. The van der Waals surface area contributed by atoms with Crippen LogP contribution in [0.4, 0.5) is 5.82 Å². The predicted octanol–water partition coefficient (Wildman–Crippen LogP) is 1.53. The van der Waals surface area contributed by atoms with Gasteiger partial charge < -0.3 is 19.8 Å². The first-order chi connectivity index (χ1) is 11.7. The number of aromatic nitrogens is 2. The zero-order chi connectivity index (χ0) is 18.4. The van der Waals surface area contributed by atoms with E-state index in [0.717, 1.165) is 15.6 Å². The molecule has 1 amide bonds. The average molecular weight is 449 g/mol. The van der Waals surface area contributed by atoms with Crippen LogP contribution < -0.4 is 19.9 Å².